The van der Waals surface area contributed by atoms with E-state index in [1.807, 2.05) is 13.2 Å². The first-order valence-electron chi connectivity index (χ1n) is 4.91. The highest BCUT2D eigenvalue weighted by Crippen LogP contribution is 2.24. The van der Waals surface area contributed by atoms with Crippen LogP contribution in [0.1, 0.15) is 24.1 Å². The molecule has 0 saturated heterocycles. The lowest BCUT2D eigenvalue weighted by molar-refractivity contribution is -0.141. The number of aryl methyl sites for hydroxylation is 2. The van der Waals surface area contributed by atoms with E-state index in [0.717, 1.165) is 25.0 Å². The van der Waals surface area contributed by atoms with Crippen LogP contribution in [-0.2, 0) is 24.7 Å². The van der Waals surface area contributed by atoms with Crippen LogP contribution in [0.3, 0.4) is 0 Å². The van der Waals surface area contributed by atoms with E-state index >= 15 is 0 Å². The van der Waals surface area contributed by atoms with Crippen molar-refractivity contribution in [2.24, 2.45) is 13.0 Å². The quantitative estimate of drug-likeness (QED) is 0.678. The highest BCUT2D eigenvalue weighted by Gasteiger charge is 2.24. The molecule has 0 aromatic carbocycles. The van der Waals surface area contributed by atoms with E-state index in [-0.39, 0.29) is 5.92 Å². The third-order valence-corrected chi connectivity index (χ3v) is 2.94. The lowest BCUT2D eigenvalue weighted by Gasteiger charge is -2.08. The lowest BCUT2D eigenvalue weighted by atomic mass is 10.0. The first kappa shape index (κ1) is 9.24. The van der Waals surface area contributed by atoms with Gasteiger partial charge in [0.2, 0.25) is 0 Å². The van der Waals surface area contributed by atoms with Crippen molar-refractivity contribution in [3.05, 3.63) is 17.5 Å². The van der Waals surface area contributed by atoms with Gasteiger partial charge >= 0.3 is 5.97 Å². The molecular weight excluding hydrogens is 180 g/mol. The summed E-state index contributed by atoms with van der Waals surface area (Å²) >= 11 is 0. The van der Waals surface area contributed by atoms with Crippen molar-refractivity contribution in [2.75, 3.05) is 0 Å². The Hall–Kier alpha value is -1.32. The van der Waals surface area contributed by atoms with Crippen LogP contribution in [0.15, 0.2) is 6.20 Å². The second kappa shape index (κ2) is 3.44. The largest absolute Gasteiger partial charge is 0.481 e. The molecule has 0 radical (unpaired) electrons. The molecule has 0 aliphatic heterocycles. The molecule has 4 nitrogen and oxygen atoms in total. The summed E-state index contributed by atoms with van der Waals surface area (Å²) in [6.07, 6.45) is 5.19. The smallest absolute Gasteiger partial charge is 0.306 e. The molecule has 14 heavy (non-hydrogen) atoms. The van der Waals surface area contributed by atoms with Gasteiger partial charge in [0.25, 0.3) is 0 Å². The van der Waals surface area contributed by atoms with Gasteiger partial charge in [0.15, 0.2) is 0 Å². The fourth-order valence-corrected chi connectivity index (χ4v) is 2.07. The topological polar surface area (TPSA) is 55.1 Å². The van der Waals surface area contributed by atoms with Crippen LogP contribution >= 0.6 is 0 Å². The Bertz CT molecular complexity index is 357. The van der Waals surface area contributed by atoms with Crippen LogP contribution in [0.25, 0.3) is 0 Å². The molecule has 76 valence electrons. The number of carbonyl (C=O) groups is 1. The van der Waals surface area contributed by atoms with Crippen molar-refractivity contribution in [3.63, 3.8) is 0 Å². The van der Waals surface area contributed by atoms with Crippen molar-refractivity contribution in [3.8, 4) is 0 Å². The van der Waals surface area contributed by atoms with Gasteiger partial charge in [0, 0.05) is 19.2 Å². The highest BCUT2D eigenvalue weighted by atomic mass is 16.4. The second-order valence-corrected chi connectivity index (χ2v) is 3.87. The molecule has 1 aliphatic carbocycles. The maximum absolute atomic E-state index is 10.9. The fourth-order valence-electron chi connectivity index (χ4n) is 2.07. The molecule has 0 amide bonds. The normalized spacial score (nSPS) is 21.4. The van der Waals surface area contributed by atoms with Gasteiger partial charge in [-0.3, -0.25) is 9.48 Å². The number of aliphatic carboxylic acids is 1. The molecule has 1 aromatic rings. The minimum absolute atomic E-state index is 0.230. The molecule has 1 aromatic heterocycles. The van der Waals surface area contributed by atoms with Gasteiger partial charge in [-0.15, -0.1) is 0 Å². The molecule has 2 rings (SSSR count). The van der Waals surface area contributed by atoms with Crippen LogP contribution in [0.2, 0.25) is 0 Å². The molecule has 0 bridgehead atoms. The monoisotopic (exact) mass is 194 g/mol. The van der Waals surface area contributed by atoms with Crippen molar-refractivity contribution >= 4 is 5.97 Å². The molecule has 0 unspecified atom stereocenters. The number of nitrogens with zero attached hydrogens (tertiary/aromatic N) is 2. The molecule has 1 N–H and O–H groups in total. The maximum atomic E-state index is 10.9. The zero-order chi connectivity index (χ0) is 10.1. The second-order valence-electron chi connectivity index (χ2n) is 3.87. The lowest BCUT2D eigenvalue weighted by Crippen LogP contribution is -2.17. The SMILES string of the molecule is Cn1ncc2c1C[C@@H](C(=O)O)CCC2. The predicted molar refractivity (Wildman–Crippen MR) is 51.0 cm³/mol. The molecule has 1 aliphatic rings. The summed E-state index contributed by atoms with van der Waals surface area (Å²) in [6, 6.07) is 0. The van der Waals surface area contributed by atoms with E-state index in [4.69, 9.17) is 5.11 Å². The molecule has 0 spiro atoms. The van der Waals surface area contributed by atoms with Crippen LogP contribution in [0, 0.1) is 5.92 Å². The first-order valence-corrected chi connectivity index (χ1v) is 4.91. The number of aromatic nitrogens is 2. The summed E-state index contributed by atoms with van der Waals surface area (Å²) in [5, 5.41) is 13.1. The number of carboxylic acids is 1. The van der Waals surface area contributed by atoms with Gasteiger partial charge in [-0.2, -0.15) is 5.10 Å². The maximum Gasteiger partial charge on any atom is 0.306 e. The number of hydrogen-bond donors (Lipinski definition) is 1. The van der Waals surface area contributed by atoms with Crippen LogP contribution in [0.4, 0.5) is 0 Å². The first-order chi connectivity index (χ1) is 6.68. The summed E-state index contributed by atoms with van der Waals surface area (Å²) in [7, 11) is 1.88. The molecule has 0 fully saturated rings. The fraction of sp³-hybridized carbons (Fsp3) is 0.600. The number of rotatable bonds is 1. The molecule has 1 atom stereocenters. The van der Waals surface area contributed by atoms with Crippen molar-refractivity contribution in [1.82, 2.24) is 9.78 Å². The molecular formula is C10H14N2O2. The highest BCUT2D eigenvalue weighted by molar-refractivity contribution is 5.70. The minimum atomic E-state index is -0.681. The minimum Gasteiger partial charge on any atom is -0.481 e. The number of hydrogen-bond acceptors (Lipinski definition) is 2. The van der Waals surface area contributed by atoms with Crippen LogP contribution in [0.5, 0.6) is 0 Å². The van der Waals surface area contributed by atoms with Crippen molar-refractivity contribution in [2.45, 2.75) is 25.7 Å². The average molecular weight is 194 g/mol. The third-order valence-electron chi connectivity index (χ3n) is 2.94. The van der Waals surface area contributed by atoms with Crippen molar-refractivity contribution < 1.29 is 9.90 Å². The average Bonchev–Trinajstić information content (AvgIpc) is 2.40. The van der Waals surface area contributed by atoms with E-state index in [9.17, 15) is 4.79 Å². The summed E-state index contributed by atoms with van der Waals surface area (Å²) in [4.78, 5) is 10.9. The summed E-state index contributed by atoms with van der Waals surface area (Å²) in [5.41, 5.74) is 2.31. The number of fused-ring (bicyclic) bond motifs is 1. The summed E-state index contributed by atoms with van der Waals surface area (Å²) < 4.78 is 1.80. The van der Waals surface area contributed by atoms with Crippen LogP contribution in [-0.4, -0.2) is 20.9 Å². The summed E-state index contributed by atoms with van der Waals surface area (Å²) in [5.74, 6) is -0.911. The van der Waals surface area contributed by atoms with Gasteiger partial charge in [-0.05, 0) is 24.8 Å². The molecule has 1 heterocycles. The van der Waals surface area contributed by atoms with E-state index in [2.05, 4.69) is 5.10 Å². The van der Waals surface area contributed by atoms with Gasteiger partial charge in [0.05, 0.1) is 12.1 Å². The van der Waals surface area contributed by atoms with E-state index in [0.29, 0.717) is 6.42 Å². The Labute approximate surface area is 82.5 Å². The van der Waals surface area contributed by atoms with Gasteiger partial charge in [0.1, 0.15) is 0 Å². The number of carboxylic acid groups (broad SMARTS) is 1. The van der Waals surface area contributed by atoms with Gasteiger partial charge in [-0.25, -0.2) is 0 Å². The van der Waals surface area contributed by atoms with E-state index in [1.165, 1.54) is 5.56 Å². The zero-order valence-corrected chi connectivity index (χ0v) is 8.23. The summed E-state index contributed by atoms with van der Waals surface area (Å²) in [6.45, 7) is 0. The Morgan fingerprint density at radius 2 is 2.50 bits per heavy atom. The van der Waals surface area contributed by atoms with E-state index < -0.39 is 5.97 Å². The molecule has 4 heteroatoms. The Kier molecular flexibility index (Phi) is 2.27. The van der Waals surface area contributed by atoms with E-state index in [1.54, 1.807) is 4.68 Å². The predicted octanol–water partition coefficient (Wildman–Crippen LogP) is 1.000. The zero-order valence-electron chi connectivity index (χ0n) is 8.23. The van der Waals surface area contributed by atoms with Gasteiger partial charge in [-0.1, -0.05) is 0 Å². The van der Waals surface area contributed by atoms with Crippen LogP contribution < -0.4 is 0 Å². The van der Waals surface area contributed by atoms with Gasteiger partial charge < -0.3 is 5.11 Å². The Balaban J connectivity index is 2.29. The Morgan fingerprint density at radius 1 is 1.71 bits per heavy atom. The third kappa shape index (κ3) is 1.52. The standard InChI is InChI=1S/C10H14N2O2/c1-12-9-5-7(10(13)14)3-2-4-8(9)6-11-12/h6-7H,2-5H2,1H3,(H,13,14)/t7-/m0/s1. The van der Waals surface area contributed by atoms with Crippen molar-refractivity contribution in [1.29, 1.82) is 0 Å². The molecule has 0 saturated carbocycles. The Morgan fingerprint density at radius 3 is 3.21 bits per heavy atom.